The van der Waals surface area contributed by atoms with Crippen LogP contribution in [0.3, 0.4) is 0 Å². The molecule has 0 unspecified atom stereocenters. The van der Waals surface area contributed by atoms with E-state index < -0.39 is 0 Å². The second kappa shape index (κ2) is 8.10. The lowest BCUT2D eigenvalue weighted by molar-refractivity contribution is -0.385. The Hall–Kier alpha value is -1.66. The van der Waals surface area contributed by atoms with Crippen molar-refractivity contribution in [3.05, 3.63) is 33.9 Å². The van der Waals surface area contributed by atoms with Crippen LogP contribution in [0.1, 0.15) is 31.7 Å². The van der Waals surface area contributed by atoms with Crippen molar-refractivity contribution in [1.82, 2.24) is 10.2 Å². The Morgan fingerprint density at radius 3 is 2.73 bits per heavy atom. The normalized spacial score (nSPS) is 16.0. The van der Waals surface area contributed by atoms with Crippen molar-refractivity contribution in [2.24, 2.45) is 0 Å². The molecule has 1 N–H and O–H groups in total. The number of benzene rings is 1. The largest absolute Gasteiger partial charge is 0.490 e. The third kappa shape index (κ3) is 4.18. The van der Waals surface area contributed by atoms with E-state index in [9.17, 15) is 10.1 Å². The molecular formula is C16H25N3O3. The number of hydrogen-bond acceptors (Lipinski definition) is 5. The Morgan fingerprint density at radius 2 is 2.14 bits per heavy atom. The van der Waals surface area contributed by atoms with E-state index in [-0.39, 0.29) is 10.6 Å². The Balaban J connectivity index is 2.15. The van der Waals surface area contributed by atoms with Crippen LogP contribution in [0.15, 0.2) is 18.2 Å². The quantitative estimate of drug-likeness (QED) is 0.619. The molecule has 1 fully saturated rings. The van der Waals surface area contributed by atoms with Crippen LogP contribution >= 0.6 is 0 Å². The summed E-state index contributed by atoms with van der Waals surface area (Å²) in [5.41, 5.74) is 1.02. The number of nitro groups is 1. The van der Waals surface area contributed by atoms with Gasteiger partial charge in [0.1, 0.15) is 0 Å². The number of rotatable bonds is 7. The fourth-order valence-corrected chi connectivity index (χ4v) is 3.06. The van der Waals surface area contributed by atoms with Gasteiger partial charge in [-0.25, -0.2) is 0 Å². The Kier molecular flexibility index (Phi) is 6.15. The molecule has 0 radical (unpaired) electrons. The zero-order chi connectivity index (χ0) is 15.9. The highest BCUT2D eigenvalue weighted by atomic mass is 16.6. The molecule has 1 aliphatic rings. The molecule has 6 heteroatoms. The maximum Gasteiger partial charge on any atom is 0.311 e. The van der Waals surface area contributed by atoms with Crippen molar-refractivity contribution < 1.29 is 9.66 Å². The third-order valence-corrected chi connectivity index (χ3v) is 4.16. The lowest BCUT2D eigenvalue weighted by Gasteiger charge is -2.34. The fourth-order valence-electron chi connectivity index (χ4n) is 3.06. The maximum atomic E-state index is 11.1. The van der Waals surface area contributed by atoms with Gasteiger partial charge in [0.15, 0.2) is 5.75 Å². The highest BCUT2D eigenvalue weighted by Crippen LogP contribution is 2.28. The van der Waals surface area contributed by atoms with Crippen LogP contribution in [-0.2, 0) is 6.54 Å². The van der Waals surface area contributed by atoms with Gasteiger partial charge >= 0.3 is 5.69 Å². The lowest BCUT2D eigenvalue weighted by atomic mass is 10.0. The summed E-state index contributed by atoms with van der Waals surface area (Å²) in [6.07, 6.45) is 3.36. The Labute approximate surface area is 131 Å². The van der Waals surface area contributed by atoms with Gasteiger partial charge in [-0.05, 0) is 50.5 Å². The van der Waals surface area contributed by atoms with Crippen molar-refractivity contribution in [2.45, 2.75) is 38.8 Å². The van der Waals surface area contributed by atoms with Gasteiger partial charge in [0.25, 0.3) is 0 Å². The first-order valence-electron chi connectivity index (χ1n) is 7.91. The first-order valence-corrected chi connectivity index (χ1v) is 7.91. The monoisotopic (exact) mass is 307 g/mol. The molecule has 0 bridgehead atoms. The second-order valence-electron chi connectivity index (χ2n) is 5.71. The minimum absolute atomic E-state index is 0.0433. The van der Waals surface area contributed by atoms with E-state index in [0.717, 1.165) is 51.0 Å². The third-order valence-electron chi connectivity index (χ3n) is 4.16. The highest BCUT2D eigenvalue weighted by molar-refractivity contribution is 5.48. The van der Waals surface area contributed by atoms with Crippen molar-refractivity contribution in [1.29, 1.82) is 0 Å². The van der Waals surface area contributed by atoms with Crippen molar-refractivity contribution in [2.75, 3.05) is 26.7 Å². The number of nitrogens with one attached hydrogen (secondary N) is 1. The van der Waals surface area contributed by atoms with Crippen LogP contribution in [0.4, 0.5) is 5.69 Å². The van der Waals surface area contributed by atoms with Gasteiger partial charge in [-0.15, -0.1) is 0 Å². The predicted molar refractivity (Wildman–Crippen MR) is 86.2 cm³/mol. The molecule has 6 nitrogen and oxygen atoms in total. The van der Waals surface area contributed by atoms with E-state index >= 15 is 0 Å². The first kappa shape index (κ1) is 16.7. The number of piperidine rings is 1. The minimum atomic E-state index is -0.378. The summed E-state index contributed by atoms with van der Waals surface area (Å²) in [5, 5.41) is 14.5. The van der Waals surface area contributed by atoms with Gasteiger partial charge in [-0.2, -0.15) is 0 Å². The van der Waals surface area contributed by atoms with E-state index in [4.69, 9.17) is 4.74 Å². The van der Waals surface area contributed by atoms with Crippen LogP contribution in [0, 0.1) is 10.1 Å². The molecule has 1 heterocycles. The molecule has 22 heavy (non-hydrogen) atoms. The highest BCUT2D eigenvalue weighted by Gasteiger charge is 2.22. The molecule has 122 valence electrons. The molecule has 0 spiro atoms. The van der Waals surface area contributed by atoms with Crippen LogP contribution in [0.5, 0.6) is 5.75 Å². The van der Waals surface area contributed by atoms with E-state index in [1.165, 1.54) is 7.11 Å². The summed E-state index contributed by atoms with van der Waals surface area (Å²) in [5.74, 6) is 0.317. The van der Waals surface area contributed by atoms with Gasteiger partial charge < -0.3 is 10.1 Å². The molecule has 0 amide bonds. The number of methoxy groups -OCH3 is 1. The molecule has 1 aromatic rings. The number of ether oxygens (including phenoxy) is 1. The van der Waals surface area contributed by atoms with E-state index in [1.807, 2.05) is 6.07 Å². The van der Waals surface area contributed by atoms with Gasteiger partial charge in [-0.1, -0.05) is 13.0 Å². The van der Waals surface area contributed by atoms with E-state index in [1.54, 1.807) is 12.1 Å². The predicted octanol–water partition coefficient (Wildman–Crippen LogP) is 2.57. The number of nitrogens with zero attached hydrogens (tertiary/aromatic N) is 2. The van der Waals surface area contributed by atoms with Gasteiger partial charge in [-0.3, -0.25) is 15.0 Å². The molecule has 1 saturated heterocycles. The zero-order valence-electron chi connectivity index (χ0n) is 13.4. The molecule has 2 rings (SSSR count). The van der Waals surface area contributed by atoms with Crippen molar-refractivity contribution >= 4 is 5.69 Å². The minimum Gasteiger partial charge on any atom is -0.490 e. The average Bonchev–Trinajstić information content (AvgIpc) is 2.55. The second-order valence-corrected chi connectivity index (χ2v) is 5.71. The smallest absolute Gasteiger partial charge is 0.311 e. The molecule has 1 aliphatic heterocycles. The Morgan fingerprint density at radius 1 is 1.41 bits per heavy atom. The Bertz CT molecular complexity index is 501. The molecule has 0 saturated carbocycles. The van der Waals surface area contributed by atoms with Gasteiger partial charge in [0.2, 0.25) is 0 Å². The van der Waals surface area contributed by atoms with Crippen LogP contribution in [0.2, 0.25) is 0 Å². The van der Waals surface area contributed by atoms with E-state index in [2.05, 4.69) is 17.1 Å². The summed E-state index contributed by atoms with van der Waals surface area (Å²) in [6, 6.07) is 5.82. The standard InChI is InChI=1S/C16H25N3O3/c1-3-10-18(14-6-8-17-9-7-14)12-13-4-5-16(22-2)15(11-13)19(20)21/h4-5,11,14,17H,3,6-10,12H2,1-2H3. The summed E-state index contributed by atoms with van der Waals surface area (Å²) in [7, 11) is 1.46. The molecule has 0 aromatic heterocycles. The zero-order valence-corrected chi connectivity index (χ0v) is 13.4. The van der Waals surface area contributed by atoms with Crippen molar-refractivity contribution in [3.63, 3.8) is 0 Å². The summed E-state index contributed by atoms with van der Waals surface area (Å²) in [6.45, 7) is 6.04. The van der Waals surface area contributed by atoms with Crippen LogP contribution < -0.4 is 10.1 Å². The molecular weight excluding hydrogens is 282 g/mol. The van der Waals surface area contributed by atoms with Gasteiger partial charge in [0.05, 0.1) is 12.0 Å². The summed E-state index contributed by atoms with van der Waals surface area (Å²) in [4.78, 5) is 13.2. The maximum absolute atomic E-state index is 11.1. The van der Waals surface area contributed by atoms with Gasteiger partial charge in [0, 0.05) is 18.7 Å². The fraction of sp³-hybridized carbons (Fsp3) is 0.625. The number of hydrogen-bond donors (Lipinski definition) is 1. The molecule has 1 aromatic carbocycles. The van der Waals surface area contributed by atoms with Crippen LogP contribution in [0.25, 0.3) is 0 Å². The summed E-state index contributed by atoms with van der Waals surface area (Å²) >= 11 is 0. The lowest BCUT2D eigenvalue weighted by Crippen LogP contribution is -2.43. The topological polar surface area (TPSA) is 67.6 Å². The summed E-state index contributed by atoms with van der Waals surface area (Å²) < 4.78 is 5.07. The number of nitro benzene ring substituents is 1. The van der Waals surface area contributed by atoms with E-state index in [0.29, 0.717) is 11.8 Å². The SMILES string of the molecule is CCCN(Cc1ccc(OC)c([N+](=O)[O-])c1)C1CCNCC1. The first-order chi connectivity index (χ1) is 10.7. The van der Waals surface area contributed by atoms with Crippen LogP contribution in [-0.4, -0.2) is 42.6 Å². The van der Waals surface area contributed by atoms with Crippen molar-refractivity contribution in [3.8, 4) is 5.75 Å². The molecule has 0 atom stereocenters. The average molecular weight is 307 g/mol. The molecule has 0 aliphatic carbocycles.